The molecule has 10 heteroatoms. The number of nitrogens with one attached hydrogen (secondary N) is 2. The lowest BCUT2D eigenvalue weighted by Gasteiger charge is -2.14. The van der Waals surface area contributed by atoms with Crippen molar-refractivity contribution in [2.45, 2.75) is 37.0 Å². The Kier molecular flexibility index (Phi) is 7.28. The highest BCUT2D eigenvalue weighted by Gasteiger charge is 2.24. The lowest BCUT2D eigenvalue weighted by Crippen LogP contribution is -2.18. The van der Waals surface area contributed by atoms with Crippen LogP contribution in [-0.4, -0.2) is 28.5 Å². The molecular formula is C25H25N3O5S2. The van der Waals surface area contributed by atoms with E-state index < -0.39 is 15.9 Å². The summed E-state index contributed by atoms with van der Waals surface area (Å²) < 4.78 is 39.1. The molecule has 0 bridgehead atoms. The van der Waals surface area contributed by atoms with Crippen molar-refractivity contribution < 1.29 is 22.7 Å². The molecule has 1 aromatic heterocycles. The lowest BCUT2D eigenvalue weighted by molar-refractivity contribution is 0.102. The van der Waals surface area contributed by atoms with Crippen molar-refractivity contribution in [3.05, 3.63) is 64.0 Å². The first-order chi connectivity index (χ1) is 16.9. The average molecular weight is 512 g/mol. The molecule has 0 radical (unpaired) electrons. The monoisotopic (exact) mass is 511 g/mol. The number of hydrogen-bond donors (Lipinski definition) is 2. The van der Waals surface area contributed by atoms with Gasteiger partial charge in [0, 0.05) is 10.9 Å². The molecule has 1 aliphatic rings. The minimum absolute atomic E-state index is 0.0425. The second-order valence-corrected chi connectivity index (χ2v) is 10.8. The predicted molar refractivity (Wildman–Crippen MR) is 135 cm³/mol. The summed E-state index contributed by atoms with van der Waals surface area (Å²) in [5.41, 5.74) is 1.79. The van der Waals surface area contributed by atoms with Gasteiger partial charge in [0.2, 0.25) is 0 Å². The van der Waals surface area contributed by atoms with E-state index in [1.54, 1.807) is 12.1 Å². The number of thiophene rings is 1. The number of nitrogens with zero attached hydrogens (tertiary/aromatic N) is 1. The van der Waals surface area contributed by atoms with Crippen molar-refractivity contribution in [3.63, 3.8) is 0 Å². The van der Waals surface area contributed by atoms with Gasteiger partial charge in [0.15, 0.2) is 11.5 Å². The first-order valence-electron chi connectivity index (χ1n) is 11.1. The van der Waals surface area contributed by atoms with E-state index in [1.807, 2.05) is 0 Å². The number of hydrogen-bond acceptors (Lipinski definition) is 7. The zero-order chi connectivity index (χ0) is 25.0. The molecule has 8 nitrogen and oxygen atoms in total. The van der Waals surface area contributed by atoms with E-state index in [9.17, 15) is 18.5 Å². The number of rotatable bonds is 7. The normalized spacial score (nSPS) is 13.2. The maximum atomic E-state index is 13.2. The molecule has 0 aliphatic heterocycles. The summed E-state index contributed by atoms with van der Waals surface area (Å²) in [5.74, 6) is 0.167. The minimum atomic E-state index is -4.03. The van der Waals surface area contributed by atoms with Crippen LogP contribution in [0.1, 0.15) is 45.6 Å². The predicted octanol–water partition coefficient (Wildman–Crippen LogP) is 4.96. The Balaban J connectivity index is 1.62. The molecule has 35 heavy (non-hydrogen) atoms. The Morgan fingerprint density at radius 1 is 1.03 bits per heavy atom. The van der Waals surface area contributed by atoms with Gasteiger partial charge in [0.25, 0.3) is 15.9 Å². The Labute approximate surface area is 208 Å². The van der Waals surface area contributed by atoms with E-state index in [0.717, 1.165) is 42.5 Å². The molecule has 2 N–H and O–H groups in total. The number of fused-ring (bicyclic) bond motifs is 1. The van der Waals surface area contributed by atoms with Gasteiger partial charge in [-0.15, -0.1) is 11.3 Å². The van der Waals surface area contributed by atoms with Gasteiger partial charge < -0.3 is 14.8 Å². The largest absolute Gasteiger partial charge is 0.493 e. The SMILES string of the molecule is COc1ccc(S(=O)(=O)Nc2ccccc2C(=O)Nc2sc3c(c2C#N)CCCCC3)cc1OC. The van der Waals surface area contributed by atoms with Crippen LogP contribution < -0.4 is 19.5 Å². The van der Waals surface area contributed by atoms with Gasteiger partial charge in [0.05, 0.1) is 35.9 Å². The van der Waals surface area contributed by atoms with Crippen LogP contribution in [0.4, 0.5) is 10.7 Å². The maximum Gasteiger partial charge on any atom is 0.262 e. The van der Waals surface area contributed by atoms with Gasteiger partial charge >= 0.3 is 0 Å². The van der Waals surface area contributed by atoms with Crippen LogP contribution >= 0.6 is 11.3 Å². The fraction of sp³-hybridized carbons (Fsp3) is 0.280. The Morgan fingerprint density at radius 3 is 2.51 bits per heavy atom. The molecule has 1 heterocycles. The second-order valence-electron chi connectivity index (χ2n) is 8.00. The fourth-order valence-electron chi connectivity index (χ4n) is 4.08. The minimum Gasteiger partial charge on any atom is -0.493 e. The molecular weight excluding hydrogens is 486 g/mol. The maximum absolute atomic E-state index is 13.2. The standard InChI is InChI=1S/C25H25N3O5S2/c1-32-21-13-12-16(14-22(21)33-2)35(30,31)28-20-10-7-6-9-18(20)24(29)27-25-19(15-26)17-8-4-3-5-11-23(17)34-25/h6-7,9-10,12-14,28H,3-5,8,11H2,1-2H3,(H,27,29). The number of ether oxygens (including phenoxy) is 2. The van der Waals surface area contributed by atoms with Gasteiger partial charge in [-0.1, -0.05) is 18.6 Å². The van der Waals surface area contributed by atoms with Crippen LogP contribution in [0.5, 0.6) is 11.5 Å². The molecule has 182 valence electrons. The molecule has 0 atom stereocenters. The quantitative estimate of drug-likeness (QED) is 0.433. The van der Waals surface area contributed by atoms with E-state index in [1.165, 1.54) is 55.9 Å². The molecule has 3 aromatic rings. The third-order valence-electron chi connectivity index (χ3n) is 5.84. The molecule has 4 rings (SSSR count). The Hall–Kier alpha value is -3.55. The number of methoxy groups -OCH3 is 2. The van der Waals surface area contributed by atoms with Crippen molar-refractivity contribution >= 4 is 38.0 Å². The van der Waals surface area contributed by atoms with E-state index in [-0.39, 0.29) is 21.9 Å². The van der Waals surface area contributed by atoms with Crippen molar-refractivity contribution in [3.8, 4) is 17.6 Å². The number of carbonyl (C=O) groups excluding carboxylic acids is 1. The van der Waals surface area contributed by atoms with Crippen LogP contribution in [-0.2, 0) is 22.9 Å². The van der Waals surface area contributed by atoms with E-state index >= 15 is 0 Å². The summed E-state index contributed by atoms with van der Waals surface area (Å²) in [6, 6.07) is 12.8. The summed E-state index contributed by atoms with van der Waals surface area (Å²) in [4.78, 5) is 14.3. The molecule has 0 fully saturated rings. The number of benzene rings is 2. The average Bonchev–Trinajstić information content (AvgIpc) is 3.01. The topological polar surface area (TPSA) is 118 Å². The fourth-order valence-corrected chi connectivity index (χ4v) is 6.41. The number of aryl methyl sites for hydroxylation is 1. The van der Waals surface area contributed by atoms with Crippen molar-refractivity contribution in [2.24, 2.45) is 0 Å². The Morgan fingerprint density at radius 2 is 1.77 bits per heavy atom. The summed E-state index contributed by atoms with van der Waals surface area (Å²) in [6.45, 7) is 0. The van der Waals surface area contributed by atoms with E-state index in [2.05, 4.69) is 16.1 Å². The summed E-state index contributed by atoms with van der Waals surface area (Å²) in [7, 11) is -1.16. The van der Waals surface area contributed by atoms with Gasteiger partial charge in [-0.25, -0.2) is 8.42 Å². The van der Waals surface area contributed by atoms with Crippen LogP contribution in [0.25, 0.3) is 0 Å². The van der Waals surface area contributed by atoms with Crippen molar-refractivity contribution in [1.82, 2.24) is 0 Å². The number of carbonyl (C=O) groups is 1. The van der Waals surface area contributed by atoms with Crippen LogP contribution in [0.15, 0.2) is 47.4 Å². The molecule has 1 aliphatic carbocycles. The molecule has 0 saturated carbocycles. The van der Waals surface area contributed by atoms with Gasteiger partial charge in [-0.2, -0.15) is 5.26 Å². The number of sulfonamides is 1. The van der Waals surface area contributed by atoms with E-state index in [4.69, 9.17) is 9.47 Å². The van der Waals surface area contributed by atoms with Gasteiger partial charge in [-0.05, 0) is 55.5 Å². The smallest absolute Gasteiger partial charge is 0.262 e. The third kappa shape index (κ3) is 5.11. The zero-order valence-corrected chi connectivity index (χ0v) is 21.0. The highest BCUT2D eigenvalue weighted by Crippen LogP contribution is 2.37. The zero-order valence-electron chi connectivity index (χ0n) is 19.4. The summed E-state index contributed by atoms with van der Waals surface area (Å²) >= 11 is 1.43. The number of amides is 1. The van der Waals surface area contributed by atoms with Gasteiger partial charge in [-0.3, -0.25) is 9.52 Å². The number of para-hydroxylation sites is 1. The van der Waals surface area contributed by atoms with Gasteiger partial charge in [0.1, 0.15) is 11.1 Å². The molecule has 1 amide bonds. The highest BCUT2D eigenvalue weighted by molar-refractivity contribution is 7.92. The lowest BCUT2D eigenvalue weighted by atomic mass is 10.1. The number of nitriles is 1. The Bertz CT molecular complexity index is 1410. The summed E-state index contributed by atoms with van der Waals surface area (Å²) in [5, 5.41) is 13.1. The number of anilines is 2. The highest BCUT2D eigenvalue weighted by atomic mass is 32.2. The van der Waals surface area contributed by atoms with Crippen molar-refractivity contribution in [2.75, 3.05) is 24.3 Å². The van der Waals surface area contributed by atoms with Crippen LogP contribution in [0.3, 0.4) is 0 Å². The molecule has 0 saturated heterocycles. The van der Waals surface area contributed by atoms with Crippen LogP contribution in [0.2, 0.25) is 0 Å². The van der Waals surface area contributed by atoms with Crippen molar-refractivity contribution in [1.29, 1.82) is 5.26 Å². The summed E-state index contributed by atoms with van der Waals surface area (Å²) in [6.07, 6.45) is 4.93. The first kappa shape index (κ1) is 24.6. The molecule has 0 spiro atoms. The molecule has 0 unspecified atom stereocenters. The second kappa shape index (κ2) is 10.4. The third-order valence-corrected chi connectivity index (χ3v) is 8.41. The molecule has 2 aromatic carbocycles. The first-order valence-corrected chi connectivity index (χ1v) is 13.4. The van der Waals surface area contributed by atoms with E-state index in [0.29, 0.717) is 16.3 Å². The van der Waals surface area contributed by atoms with Crippen LogP contribution in [0, 0.1) is 11.3 Å².